The van der Waals surface area contributed by atoms with E-state index in [-0.39, 0.29) is 11.6 Å². The molecule has 1 aliphatic heterocycles. The van der Waals surface area contributed by atoms with Gasteiger partial charge < -0.3 is 9.80 Å². The van der Waals surface area contributed by atoms with Crippen LogP contribution in [0.2, 0.25) is 0 Å². The van der Waals surface area contributed by atoms with E-state index in [1.165, 1.54) is 12.1 Å². The summed E-state index contributed by atoms with van der Waals surface area (Å²) >= 11 is 0. The van der Waals surface area contributed by atoms with Crippen molar-refractivity contribution < 1.29 is 9.18 Å². The van der Waals surface area contributed by atoms with Crippen LogP contribution in [0.4, 0.5) is 4.39 Å². The standard InChI is InChI=1S/C15H21FN2O/c1-17-8-2-9-18(12-11-17)10-7-15(19)13-3-5-14(16)6-4-13/h3-6H,2,7-12H2,1H3. The highest BCUT2D eigenvalue weighted by Gasteiger charge is 2.13. The molecular formula is C15H21FN2O. The lowest BCUT2D eigenvalue weighted by Gasteiger charge is -2.19. The molecule has 1 aromatic carbocycles. The van der Waals surface area contributed by atoms with Crippen LogP contribution in [0.3, 0.4) is 0 Å². The Kier molecular flexibility index (Phi) is 5.05. The summed E-state index contributed by atoms with van der Waals surface area (Å²) in [7, 11) is 2.13. The number of carbonyl (C=O) groups is 1. The van der Waals surface area contributed by atoms with E-state index in [1.54, 1.807) is 12.1 Å². The molecule has 1 aromatic rings. The minimum atomic E-state index is -0.299. The van der Waals surface area contributed by atoms with Gasteiger partial charge in [0, 0.05) is 31.6 Å². The molecule has 0 unspecified atom stereocenters. The molecule has 0 radical (unpaired) electrons. The van der Waals surface area contributed by atoms with Gasteiger partial charge >= 0.3 is 0 Å². The summed E-state index contributed by atoms with van der Waals surface area (Å²) in [6.07, 6.45) is 1.66. The Balaban J connectivity index is 1.81. The van der Waals surface area contributed by atoms with Crippen molar-refractivity contribution in [2.24, 2.45) is 0 Å². The maximum Gasteiger partial charge on any atom is 0.164 e. The van der Waals surface area contributed by atoms with Gasteiger partial charge in [0.1, 0.15) is 5.82 Å². The van der Waals surface area contributed by atoms with Crippen LogP contribution in [0.5, 0.6) is 0 Å². The Labute approximate surface area is 114 Å². The zero-order valence-corrected chi connectivity index (χ0v) is 11.4. The van der Waals surface area contributed by atoms with Gasteiger partial charge in [0.05, 0.1) is 0 Å². The molecule has 4 heteroatoms. The van der Waals surface area contributed by atoms with E-state index in [0.29, 0.717) is 12.0 Å². The predicted molar refractivity (Wildman–Crippen MR) is 73.9 cm³/mol. The molecular weight excluding hydrogens is 243 g/mol. The molecule has 0 atom stereocenters. The zero-order valence-electron chi connectivity index (χ0n) is 11.4. The monoisotopic (exact) mass is 264 g/mol. The van der Waals surface area contributed by atoms with Gasteiger partial charge in [-0.2, -0.15) is 0 Å². The Morgan fingerprint density at radius 1 is 1.16 bits per heavy atom. The number of ketones is 1. The van der Waals surface area contributed by atoms with Crippen molar-refractivity contribution in [3.8, 4) is 0 Å². The fourth-order valence-corrected chi connectivity index (χ4v) is 2.36. The van der Waals surface area contributed by atoms with Crippen molar-refractivity contribution in [2.75, 3.05) is 39.8 Å². The molecule has 3 nitrogen and oxygen atoms in total. The first-order valence-electron chi connectivity index (χ1n) is 6.85. The Hall–Kier alpha value is -1.26. The lowest BCUT2D eigenvalue weighted by Crippen LogP contribution is -2.30. The Bertz CT molecular complexity index is 419. The van der Waals surface area contributed by atoms with Gasteiger partial charge in [0.15, 0.2) is 5.78 Å². The second-order valence-corrected chi connectivity index (χ2v) is 5.18. The maximum absolute atomic E-state index is 12.8. The first-order valence-corrected chi connectivity index (χ1v) is 6.85. The van der Waals surface area contributed by atoms with Crippen LogP contribution in [-0.4, -0.2) is 55.4 Å². The maximum atomic E-state index is 12.8. The van der Waals surface area contributed by atoms with Crippen LogP contribution in [0.15, 0.2) is 24.3 Å². The van der Waals surface area contributed by atoms with Gasteiger partial charge in [0.2, 0.25) is 0 Å². The van der Waals surface area contributed by atoms with Crippen LogP contribution in [0.1, 0.15) is 23.2 Å². The van der Waals surface area contributed by atoms with Crippen molar-refractivity contribution >= 4 is 5.78 Å². The highest BCUT2D eigenvalue weighted by molar-refractivity contribution is 5.96. The molecule has 0 aromatic heterocycles. The summed E-state index contributed by atoms with van der Waals surface area (Å²) in [6, 6.07) is 5.81. The molecule has 0 aliphatic carbocycles. The summed E-state index contributed by atoms with van der Waals surface area (Å²) in [4.78, 5) is 16.6. The highest BCUT2D eigenvalue weighted by atomic mass is 19.1. The number of likely N-dealkylation sites (N-methyl/N-ethyl adjacent to an activating group) is 1. The average molecular weight is 264 g/mol. The summed E-state index contributed by atoms with van der Waals surface area (Å²) in [5, 5.41) is 0. The third-order valence-corrected chi connectivity index (χ3v) is 3.63. The summed E-state index contributed by atoms with van der Waals surface area (Å²) < 4.78 is 12.8. The molecule has 2 rings (SSSR count). The fourth-order valence-electron chi connectivity index (χ4n) is 2.36. The van der Waals surface area contributed by atoms with Gasteiger partial charge in [-0.25, -0.2) is 4.39 Å². The number of hydrogen-bond donors (Lipinski definition) is 0. The van der Waals surface area contributed by atoms with Crippen molar-refractivity contribution in [3.63, 3.8) is 0 Å². The van der Waals surface area contributed by atoms with E-state index in [9.17, 15) is 9.18 Å². The van der Waals surface area contributed by atoms with Gasteiger partial charge in [-0.05, 0) is 50.8 Å². The van der Waals surface area contributed by atoms with Crippen LogP contribution >= 0.6 is 0 Å². The third kappa shape index (κ3) is 4.40. The molecule has 1 heterocycles. The highest BCUT2D eigenvalue weighted by Crippen LogP contribution is 2.08. The molecule has 0 amide bonds. The molecule has 0 N–H and O–H groups in total. The zero-order chi connectivity index (χ0) is 13.7. The predicted octanol–water partition coefficient (Wildman–Crippen LogP) is 2.04. The van der Waals surface area contributed by atoms with Gasteiger partial charge in [-0.1, -0.05) is 0 Å². The molecule has 104 valence electrons. The van der Waals surface area contributed by atoms with Gasteiger partial charge in [-0.15, -0.1) is 0 Å². The van der Waals surface area contributed by atoms with Gasteiger partial charge in [-0.3, -0.25) is 4.79 Å². The normalized spacial score (nSPS) is 18.2. The van der Waals surface area contributed by atoms with E-state index < -0.39 is 0 Å². The molecule has 1 aliphatic rings. The van der Waals surface area contributed by atoms with E-state index in [4.69, 9.17) is 0 Å². The smallest absolute Gasteiger partial charge is 0.164 e. The van der Waals surface area contributed by atoms with Crippen molar-refractivity contribution in [3.05, 3.63) is 35.6 Å². The number of rotatable bonds is 4. The summed E-state index contributed by atoms with van der Waals surface area (Å²) in [5.74, 6) is -0.204. The SMILES string of the molecule is CN1CCCN(CCC(=O)c2ccc(F)cc2)CC1. The minimum absolute atomic E-state index is 0.0950. The van der Waals surface area contributed by atoms with Gasteiger partial charge in [0.25, 0.3) is 0 Å². The molecule has 1 fully saturated rings. The van der Waals surface area contributed by atoms with Crippen molar-refractivity contribution in [1.29, 1.82) is 0 Å². The first-order chi connectivity index (χ1) is 9.15. The second-order valence-electron chi connectivity index (χ2n) is 5.18. The number of Topliss-reactive ketones (excluding diaryl/α,β-unsaturated/α-hetero) is 1. The first kappa shape index (κ1) is 14.2. The van der Waals surface area contributed by atoms with Crippen LogP contribution in [0.25, 0.3) is 0 Å². The molecule has 0 saturated carbocycles. The largest absolute Gasteiger partial charge is 0.305 e. The van der Waals surface area contributed by atoms with Crippen molar-refractivity contribution in [1.82, 2.24) is 9.80 Å². The average Bonchev–Trinajstić information content (AvgIpc) is 2.61. The molecule has 1 saturated heterocycles. The van der Waals surface area contributed by atoms with Crippen LogP contribution in [-0.2, 0) is 0 Å². The fraction of sp³-hybridized carbons (Fsp3) is 0.533. The summed E-state index contributed by atoms with van der Waals surface area (Å²) in [5.41, 5.74) is 0.605. The second kappa shape index (κ2) is 6.78. The number of halogens is 1. The number of benzene rings is 1. The lowest BCUT2D eigenvalue weighted by molar-refractivity contribution is 0.0965. The molecule has 0 spiro atoms. The van der Waals surface area contributed by atoms with Crippen LogP contribution in [0, 0.1) is 5.82 Å². The van der Waals surface area contributed by atoms with E-state index >= 15 is 0 Å². The Morgan fingerprint density at radius 2 is 1.89 bits per heavy atom. The minimum Gasteiger partial charge on any atom is -0.305 e. The Morgan fingerprint density at radius 3 is 2.63 bits per heavy atom. The van der Waals surface area contributed by atoms with E-state index in [0.717, 1.165) is 39.1 Å². The number of nitrogens with zero attached hydrogens (tertiary/aromatic N) is 2. The molecule has 19 heavy (non-hydrogen) atoms. The van der Waals surface area contributed by atoms with E-state index in [1.807, 2.05) is 0 Å². The van der Waals surface area contributed by atoms with E-state index in [2.05, 4.69) is 16.8 Å². The summed E-state index contributed by atoms with van der Waals surface area (Å²) in [6.45, 7) is 5.06. The van der Waals surface area contributed by atoms with Crippen molar-refractivity contribution in [2.45, 2.75) is 12.8 Å². The number of hydrogen-bond acceptors (Lipinski definition) is 3. The topological polar surface area (TPSA) is 23.6 Å². The molecule has 0 bridgehead atoms. The number of carbonyl (C=O) groups excluding carboxylic acids is 1. The quantitative estimate of drug-likeness (QED) is 0.778. The lowest BCUT2D eigenvalue weighted by atomic mass is 10.1. The third-order valence-electron chi connectivity index (χ3n) is 3.63. The van der Waals surface area contributed by atoms with Crippen LogP contribution < -0.4 is 0 Å².